The number of benzene rings is 1. The van der Waals surface area contributed by atoms with E-state index < -0.39 is 48.3 Å². The van der Waals surface area contributed by atoms with E-state index in [0.29, 0.717) is 38.5 Å². The van der Waals surface area contributed by atoms with Crippen LogP contribution in [0.2, 0.25) is 0 Å². The summed E-state index contributed by atoms with van der Waals surface area (Å²) in [4.78, 5) is 60.6. The van der Waals surface area contributed by atoms with Gasteiger partial charge in [0.05, 0.1) is 34.5 Å². The number of piperidine rings is 2. The molecule has 3 rings (SSSR count). The van der Waals surface area contributed by atoms with E-state index in [9.17, 15) is 19.2 Å². The maximum absolute atomic E-state index is 14.3. The summed E-state index contributed by atoms with van der Waals surface area (Å²) in [5.41, 5.74) is -1.70. The molecule has 2 atom stereocenters. The third kappa shape index (κ3) is 10.3. The maximum Gasteiger partial charge on any atom is 0.339 e. The molecule has 0 saturated carbocycles. The van der Waals surface area contributed by atoms with Gasteiger partial charge in [0.15, 0.2) is 0 Å². The lowest BCUT2D eigenvalue weighted by Crippen LogP contribution is -2.60. The van der Waals surface area contributed by atoms with E-state index in [1.54, 1.807) is 13.8 Å². The van der Waals surface area contributed by atoms with Crippen LogP contribution in [0, 0.1) is 5.92 Å². The van der Waals surface area contributed by atoms with Gasteiger partial charge >= 0.3 is 23.9 Å². The number of nitrogens with zero attached hydrogens (tertiary/aromatic N) is 2. The summed E-state index contributed by atoms with van der Waals surface area (Å²) < 4.78 is 23.9. The monoisotopic (exact) mass is 714 g/mol. The van der Waals surface area contributed by atoms with E-state index in [4.69, 9.17) is 18.9 Å². The normalized spacial score (nSPS) is 21.8. The largest absolute Gasteiger partial charge is 0.459 e. The van der Waals surface area contributed by atoms with Crippen molar-refractivity contribution in [2.75, 3.05) is 14.1 Å². The van der Waals surface area contributed by atoms with Crippen LogP contribution >= 0.6 is 0 Å². The van der Waals surface area contributed by atoms with E-state index >= 15 is 0 Å². The number of rotatable bonds is 12. The predicted molar refractivity (Wildman–Crippen MR) is 199 cm³/mol. The summed E-state index contributed by atoms with van der Waals surface area (Å²) in [6.45, 7) is 26.4. The highest BCUT2D eigenvalue weighted by atomic mass is 16.6. The van der Waals surface area contributed by atoms with Crippen molar-refractivity contribution in [3.8, 4) is 0 Å². The number of esters is 4. The van der Waals surface area contributed by atoms with Gasteiger partial charge in [-0.2, -0.15) is 0 Å². The summed E-state index contributed by atoms with van der Waals surface area (Å²) in [6.07, 6.45) is 2.46. The van der Waals surface area contributed by atoms with Gasteiger partial charge in [0.1, 0.15) is 12.2 Å². The first kappa shape index (κ1) is 42.4. The molecule has 1 aromatic rings. The van der Waals surface area contributed by atoms with E-state index in [-0.39, 0.29) is 50.3 Å². The SMILES string of the molecule is CCCC(C)OC(=O)c1cc(C(=O)OC2CC(C)(C)N(C)C(C)(C)C2)c(C(=O)OC2CC(C)(C)N(C)C(C)(C)C2)cc1C(=O)OC(C)CC(C)C. The summed E-state index contributed by atoms with van der Waals surface area (Å²) >= 11 is 0. The third-order valence-electron chi connectivity index (χ3n) is 11.2. The van der Waals surface area contributed by atoms with Gasteiger partial charge in [-0.3, -0.25) is 9.80 Å². The number of likely N-dealkylation sites (tertiary alicyclic amines) is 2. The molecule has 2 saturated heterocycles. The number of ether oxygens (including phenoxy) is 4. The molecule has 288 valence electrons. The van der Waals surface area contributed by atoms with E-state index in [1.807, 2.05) is 20.8 Å². The fraction of sp³-hybridized carbons (Fsp3) is 0.756. The van der Waals surface area contributed by atoms with Crippen LogP contribution in [-0.4, -0.2) is 94.3 Å². The molecule has 2 fully saturated rings. The number of carbonyl (C=O) groups is 4. The van der Waals surface area contributed by atoms with Crippen LogP contribution in [0.1, 0.15) is 176 Å². The van der Waals surface area contributed by atoms with E-state index in [1.165, 1.54) is 12.1 Å². The zero-order valence-corrected chi connectivity index (χ0v) is 34.2. The first-order chi connectivity index (χ1) is 23.3. The topological polar surface area (TPSA) is 112 Å². The number of hydrogen-bond donors (Lipinski definition) is 0. The second-order valence-electron chi connectivity index (χ2n) is 18.0. The van der Waals surface area contributed by atoms with Gasteiger partial charge in [-0.25, -0.2) is 19.2 Å². The minimum absolute atomic E-state index is 0.150. The molecule has 0 aromatic heterocycles. The molecule has 2 heterocycles. The van der Waals surface area contributed by atoms with Crippen LogP contribution < -0.4 is 0 Å². The third-order valence-corrected chi connectivity index (χ3v) is 11.2. The molecule has 2 aliphatic heterocycles. The Labute approximate surface area is 307 Å². The number of carbonyl (C=O) groups excluding carboxylic acids is 4. The van der Waals surface area contributed by atoms with Crippen molar-refractivity contribution in [1.82, 2.24) is 9.80 Å². The minimum Gasteiger partial charge on any atom is -0.459 e. The van der Waals surface area contributed by atoms with Crippen LogP contribution in [0.3, 0.4) is 0 Å². The molecule has 0 radical (unpaired) electrons. The summed E-state index contributed by atoms with van der Waals surface area (Å²) in [5.74, 6) is -2.85. The van der Waals surface area contributed by atoms with Crippen molar-refractivity contribution in [2.45, 2.75) is 182 Å². The maximum atomic E-state index is 14.3. The fourth-order valence-corrected chi connectivity index (χ4v) is 8.10. The van der Waals surface area contributed by atoms with Gasteiger partial charge in [-0.05, 0) is 114 Å². The van der Waals surface area contributed by atoms with Crippen molar-refractivity contribution in [3.05, 3.63) is 34.4 Å². The average molecular weight is 715 g/mol. The quantitative estimate of drug-likeness (QED) is 0.155. The van der Waals surface area contributed by atoms with Crippen LogP contribution in [0.4, 0.5) is 0 Å². The second kappa shape index (κ2) is 15.9. The zero-order chi connectivity index (χ0) is 38.9. The van der Waals surface area contributed by atoms with Crippen LogP contribution in [0.25, 0.3) is 0 Å². The molecule has 1 aromatic carbocycles. The Kier molecular flexibility index (Phi) is 13.3. The molecule has 0 bridgehead atoms. The molecule has 0 aliphatic carbocycles. The highest BCUT2D eigenvalue weighted by Crippen LogP contribution is 2.40. The summed E-state index contributed by atoms with van der Waals surface area (Å²) in [6, 6.07) is 2.52. The Bertz CT molecular complexity index is 1410. The molecule has 10 heteroatoms. The first-order valence-electron chi connectivity index (χ1n) is 18.8. The minimum atomic E-state index is -0.785. The molecule has 0 N–H and O–H groups in total. The van der Waals surface area contributed by atoms with E-state index in [0.717, 1.165) is 6.42 Å². The van der Waals surface area contributed by atoms with Crippen LogP contribution in [0.5, 0.6) is 0 Å². The standard InChI is InChI=1S/C41H66N2O8/c1-16-17-26(4)48-34(44)30-19-32(36(46)50-28-21-38(6,7)42(14)39(8,9)22-28)33(20-31(30)35(45)49-27(5)18-25(2)3)37(47)51-29-23-40(10,11)43(15)41(12,13)24-29/h19-20,25-29H,16-18,21-24H2,1-15H3. The molecule has 51 heavy (non-hydrogen) atoms. The Hall–Kier alpha value is -2.98. The average Bonchev–Trinajstić information content (AvgIpc) is 2.96. The van der Waals surface area contributed by atoms with Gasteiger partial charge in [-0.15, -0.1) is 0 Å². The first-order valence-corrected chi connectivity index (χ1v) is 18.8. The molecule has 2 unspecified atom stereocenters. The van der Waals surface area contributed by atoms with Crippen LogP contribution in [-0.2, 0) is 18.9 Å². The molecule has 0 amide bonds. The lowest BCUT2D eigenvalue weighted by atomic mass is 9.78. The van der Waals surface area contributed by atoms with Gasteiger partial charge in [0, 0.05) is 47.8 Å². The van der Waals surface area contributed by atoms with Crippen molar-refractivity contribution in [3.63, 3.8) is 0 Å². The van der Waals surface area contributed by atoms with Gasteiger partial charge in [-0.1, -0.05) is 27.2 Å². The highest BCUT2D eigenvalue weighted by Gasteiger charge is 2.46. The van der Waals surface area contributed by atoms with Crippen molar-refractivity contribution in [2.24, 2.45) is 5.92 Å². The van der Waals surface area contributed by atoms with Crippen LogP contribution in [0.15, 0.2) is 12.1 Å². The molecule has 2 aliphatic rings. The van der Waals surface area contributed by atoms with Gasteiger partial charge < -0.3 is 18.9 Å². The summed E-state index contributed by atoms with van der Waals surface area (Å²) in [5, 5.41) is 0. The Morgan fingerprint density at radius 2 is 0.922 bits per heavy atom. The molecular formula is C41H66N2O8. The van der Waals surface area contributed by atoms with Crippen molar-refractivity contribution >= 4 is 23.9 Å². The lowest BCUT2D eigenvalue weighted by Gasteiger charge is -2.53. The zero-order valence-electron chi connectivity index (χ0n) is 34.2. The Morgan fingerprint density at radius 3 is 1.24 bits per heavy atom. The second-order valence-corrected chi connectivity index (χ2v) is 18.0. The van der Waals surface area contributed by atoms with Gasteiger partial charge in [0.2, 0.25) is 0 Å². The summed E-state index contributed by atoms with van der Waals surface area (Å²) in [7, 11) is 4.13. The predicted octanol–water partition coefficient (Wildman–Crippen LogP) is 8.24. The smallest absolute Gasteiger partial charge is 0.339 e. The molecular weight excluding hydrogens is 648 g/mol. The lowest BCUT2D eigenvalue weighted by molar-refractivity contribution is -0.0752. The number of hydrogen-bond acceptors (Lipinski definition) is 10. The Balaban J connectivity index is 2.16. The van der Waals surface area contributed by atoms with Gasteiger partial charge in [0.25, 0.3) is 0 Å². The molecule has 0 spiro atoms. The van der Waals surface area contributed by atoms with Crippen molar-refractivity contribution in [1.29, 1.82) is 0 Å². The van der Waals surface area contributed by atoms with Crippen molar-refractivity contribution < 1.29 is 38.1 Å². The molecule has 10 nitrogen and oxygen atoms in total. The fourth-order valence-electron chi connectivity index (χ4n) is 8.10. The highest BCUT2D eigenvalue weighted by molar-refractivity contribution is 6.10. The Morgan fingerprint density at radius 1 is 0.608 bits per heavy atom. The van der Waals surface area contributed by atoms with E-state index in [2.05, 4.69) is 79.3 Å².